The molecule has 0 aromatic carbocycles. The molecule has 0 bridgehead atoms. The summed E-state index contributed by atoms with van der Waals surface area (Å²) >= 11 is 10.8. The van der Waals surface area contributed by atoms with E-state index in [1.807, 2.05) is 0 Å². The van der Waals surface area contributed by atoms with E-state index in [0.29, 0.717) is 0 Å². The lowest BCUT2D eigenvalue weighted by Gasteiger charge is -2.37. The van der Waals surface area contributed by atoms with E-state index in [4.69, 9.17) is 0 Å². The molecule has 48 valence electrons. The van der Waals surface area contributed by atoms with Crippen molar-refractivity contribution in [3.8, 4) is 0 Å². The van der Waals surface area contributed by atoms with Gasteiger partial charge in [0.05, 0.1) is 0 Å². The number of hydrogen-bond donors (Lipinski definition) is 0. The zero-order chi connectivity index (χ0) is 6.31. The molecule has 6 heteroatoms. The van der Waals surface area contributed by atoms with Gasteiger partial charge in [0, 0.05) is 6.34 Å². The Labute approximate surface area is 105 Å². The summed E-state index contributed by atoms with van der Waals surface area (Å²) in [7, 11) is 0. The molecule has 1 aliphatic rings. The lowest BCUT2D eigenvalue weighted by atomic mass is 11.8. The predicted molar refractivity (Wildman–Crippen MR) is 78.0 cm³/mol. The third-order valence-corrected chi connectivity index (χ3v) is 53.1. The molecule has 0 N–H and O–H groups in total. The molecule has 0 spiro atoms. The Hall–Kier alpha value is 3.35. The predicted octanol–water partition coefficient (Wildman–Crippen LogP) is 2.08. The van der Waals surface area contributed by atoms with E-state index in [0.717, 1.165) is 0 Å². The first-order chi connectivity index (χ1) is 3.64. The van der Waals surface area contributed by atoms with Gasteiger partial charge in [0.1, 0.15) is 12.6 Å². The van der Waals surface area contributed by atoms with Crippen molar-refractivity contribution in [1.29, 1.82) is 0 Å². The molecule has 8 heavy (non-hydrogen) atoms. The molecule has 0 aliphatic carbocycles. The van der Waals surface area contributed by atoms with Crippen LogP contribution in [0.1, 0.15) is 0 Å². The molecule has 0 radical (unpaired) electrons. The molecule has 0 aromatic heterocycles. The van der Waals surface area contributed by atoms with Gasteiger partial charge in [0.25, 0.3) is 0 Å². The van der Waals surface area contributed by atoms with E-state index in [1.54, 1.807) is 0 Å². The van der Waals surface area contributed by atoms with Gasteiger partial charge < -0.3 is 0 Å². The minimum Gasteiger partial charge on any atom is -0.122 e. The Bertz CT molecular complexity index is 66.0. The van der Waals surface area contributed by atoms with Crippen LogP contribution in [0.15, 0.2) is 0 Å². The van der Waals surface area contributed by atoms with Gasteiger partial charge in [0.15, 0.2) is 0 Å². The minimum absolute atomic E-state index is 0.218. The summed E-state index contributed by atoms with van der Waals surface area (Å²) in [5, 5.41) is 0. The molecular formula is C2H4I4Si2. The van der Waals surface area contributed by atoms with Gasteiger partial charge in [-0.3, -0.25) is 0 Å². The van der Waals surface area contributed by atoms with E-state index in [-0.39, 0.29) is 12.6 Å². The van der Waals surface area contributed by atoms with Crippen molar-refractivity contribution in [1.82, 2.24) is 0 Å². The minimum atomic E-state index is -0.218. The monoisotopic (exact) mass is 592 g/mol. The van der Waals surface area contributed by atoms with Crippen molar-refractivity contribution in [2.45, 2.75) is 6.34 Å². The second-order valence-corrected chi connectivity index (χ2v) is 24.9. The van der Waals surface area contributed by atoms with Crippen molar-refractivity contribution in [3.05, 3.63) is 0 Å². The highest BCUT2D eigenvalue weighted by atomic mass is 127. The molecule has 1 aliphatic heterocycles. The molecule has 0 amide bonds. The zero-order valence-electron chi connectivity index (χ0n) is 3.82. The summed E-state index contributed by atoms with van der Waals surface area (Å²) in [6.45, 7) is 0. The molecule has 0 unspecified atom stereocenters. The van der Waals surface area contributed by atoms with Crippen molar-refractivity contribution in [2.24, 2.45) is 0 Å². The average molecular weight is 592 g/mol. The number of rotatable bonds is 0. The third-order valence-electron chi connectivity index (χ3n) is 1.22. The molecule has 0 nitrogen and oxygen atoms in total. The highest BCUT2D eigenvalue weighted by Crippen LogP contribution is 2.38. The number of alkyl halides is 2. The van der Waals surface area contributed by atoms with Crippen LogP contribution in [0.5, 0.6) is 0 Å². The van der Waals surface area contributed by atoms with Crippen LogP contribution in [-0.2, 0) is 0 Å². The summed E-state index contributed by atoms with van der Waals surface area (Å²) in [5.74, 6) is 0. The lowest BCUT2D eigenvalue weighted by Crippen LogP contribution is -2.58. The van der Waals surface area contributed by atoms with Gasteiger partial charge in [-0.05, 0) is 0 Å². The summed E-state index contributed by atoms with van der Waals surface area (Å²) in [6, 6.07) is 0. The molecule has 0 aromatic rings. The zero-order valence-corrected chi connectivity index (χ0v) is 14.8. The van der Waals surface area contributed by atoms with Crippen LogP contribution >= 0.6 is 88.8 Å². The molecule has 0 atom stereocenters. The maximum atomic E-state index is 2.71. The van der Waals surface area contributed by atoms with E-state index >= 15 is 0 Å². The lowest BCUT2D eigenvalue weighted by molar-refractivity contribution is 1.66. The van der Waals surface area contributed by atoms with Gasteiger partial charge in [-0.15, -0.1) is 43.6 Å². The SMILES string of the molecule is IC1[SiH](I)C(I)[SiH]1I. The van der Waals surface area contributed by atoms with Crippen LogP contribution < -0.4 is 0 Å². The number of hydrogen-bond acceptors (Lipinski definition) is 0. The summed E-state index contributed by atoms with van der Waals surface area (Å²) in [4.78, 5) is 0. The molecule has 1 rings (SSSR count). The topological polar surface area (TPSA) is 0 Å². The smallest absolute Gasteiger partial charge is 0.122 e. The maximum absolute atomic E-state index is 2.71. The first kappa shape index (κ1) is 9.44. The summed E-state index contributed by atoms with van der Waals surface area (Å²) in [6.07, 6.45) is -0.435. The standard InChI is InChI=1S/C2H4I4Si2/c3-1-7(5)2(4)8(1)6/h1-2,7-8H. The first-order valence-corrected chi connectivity index (χ1v) is 15.7. The van der Waals surface area contributed by atoms with E-state index < -0.39 is 0 Å². The first-order valence-electron chi connectivity index (χ1n) is 2.21. The Balaban J connectivity index is 2.42. The fraction of sp³-hybridized carbons (Fsp3) is 1.00. The van der Waals surface area contributed by atoms with Crippen LogP contribution in [0, 0.1) is 0 Å². The molecule has 1 heterocycles. The highest BCUT2D eigenvalue weighted by molar-refractivity contribution is 14.2. The van der Waals surface area contributed by atoms with Gasteiger partial charge in [0.2, 0.25) is 0 Å². The second-order valence-electron chi connectivity index (χ2n) is 1.78. The van der Waals surface area contributed by atoms with Crippen LogP contribution in [0.4, 0.5) is 0 Å². The fourth-order valence-electron chi connectivity index (χ4n) is 0.557. The fourth-order valence-corrected chi connectivity index (χ4v) is 51.0. The van der Waals surface area contributed by atoms with Crippen molar-refractivity contribution in [3.63, 3.8) is 0 Å². The van der Waals surface area contributed by atoms with Crippen molar-refractivity contribution >= 4 is 101 Å². The Morgan fingerprint density at radius 3 is 1.25 bits per heavy atom. The Morgan fingerprint density at radius 2 is 1.12 bits per heavy atom. The van der Waals surface area contributed by atoms with E-state index in [2.05, 4.69) is 88.8 Å². The molecule has 1 fully saturated rings. The van der Waals surface area contributed by atoms with Crippen molar-refractivity contribution < 1.29 is 0 Å². The summed E-state index contributed by atoms with van der Waals surface area (Å²) < 4.78 is 2.38. The largest absolute Gasteiger partial charge is 0.131 e. The van der Waals surface area contributed by atoms with Crippen molar-refractivity contribution in [2.75, 3.05) is 0 Å². The van der Waals surface area contributed by atoms with Crippen LogP contribution in [0.3, 0.4) is 0 Å². The quantitative estimate of drug-likeness (QED) is 0.175. The van der Waals surface area contributed by atoms with Crippen LogP contribution in [0.25, 0.3) is 0 Å². The van der Waals surface area contributed by atoms with Gasteiger partial charge >= 0.3 is 0 Å². The highest BCUT2D eigenvalue weighted by Gasteiger charge is 2.47. The third kappa shape index (κ3) is 1.74. The van der Waals surface area contributed by atoms with Gasteiger partial charge in [-0.25, -0.2) is 0 Å². The molecular weight excluding hydrogens is 588 g/mol. The second kappa shape index (κ2) is 3.84. The van der Waals surface area contributed by atoms with Gasteiger partial charge in [-0.2, -0.15) is 0 Å². The van der Waals surface area contributed by atoms with Crippen LogP contribution in [-0.4, -0.2) is 18.9 Å². The maximum Gasteiger partial charge on any atom is 0.131 e. The normalized spacial score (nSPS) is 55.5. The number of halogens is 4. The Kier molecular flexibility index (Phi) is 4.54. The van der Waals surface area contributed by atoms with E-state index in [9.17, 15) is 0 Å². The average Bonchev–Trinajstić information content (AvgIpc) is 1.83. The van der Waals surface area contributed by atoms with Crippen LogP contribution in [0.2, 0.25) is 0 Å². The van der Waals surface area contributed by atoms with Gasteiger partial charge in [-0.1, -0.05) is 45.2 Å². The Morgan fingerprint density at radius 1 is 0.875 bits per heavy atom. The summed E-state index contributed by atoms with van der Waals surface area (Å²) in [5.41, 5.74) is 0. The molecule has 1 saturated heterocycles. The van der Waals surface area contributed by atoms with E-state index in [1.165, 1.54) is 6.34 Å². The molecule has 0 saturated carbocycles.